The smallest absolute Gasteiger partial charge is 0.266 e. The second-order valence-electron chi connectivity index (χ2n) is 7.60. The first kappa shape index (κ1) is 21.1. The van der Waals surface area contributed by atoms with Crippen LogP contribution in [0.25, 0.3) is 6.08 Å². The predicted octanol–water partition coefficient (Wildman–Crippen LogP) is 4.82. The maximum Gasteiger partial charge on any atom is 0.266 e. The largest absolute Gasteiger partial charge is 0.353 e. The van der Waals surface area contributed by atoms with Crippen molar-refractivity contribution in [3.05, 3.63) is 40.3 Å². The average Bonchev–Trinajstić information content (AvgIpc) is 3.26. The number of rotatable bonds is 8. The van der Waals surface area contributed by atoms with E-state index < -0.39 is 0 Å². The molecular formula is C22H28N2O2S2. The lowest BCUT2D eigenvalue weighted by Gasteiger charge is -2.14. The van der Waals surface area contributed by atoms with Crippen molar-refractivity contribution >= 4 is 46.2 Å². The molecule has 0 radical (unpaired) electrons. The third-order valence-electron chi connectivity index (χ3n) is 5.25. The zero-order valence-corrected chi connectivity index (χ0v) is 18.0. The highest BCUT2D eigenvalue weighted by Gasteiger charge is 2.31. The molecular weight excluding hydrogens is 388 g/mol. The summed E-state index contributed by atoms with van der Waals surface area (Å²) in [6, 6.07) is 8.49. The van der Waals surface area contributed by atoms with Crippen LogP contribution in [-0.4, -0.2) is 33.6 Å². The molecule has 2 fully saturated rings. The van der Waals surface area contributed by atoms with E-state index in [0.717, 1.165) is 37.7 Å². The summed E-state index contributed by atoms with van der Waals surface area (Å²) in [5.41, 5.74) is 2.21. The van der Waals surface area contributed by atoms with Gasteiger partial charge in [-0.25, -0.2) is 0 Å². The highest BCUT2D eigenvalue weighted by atomic mass is 32.2. The molecule has 1 heterocycles. The molecule has 0 unspecified atom stereocenters. The number of nitrogens with one attached hydrogen (secondary N) is 1. The van der Waals surface area contributed by atoms with Crippen LogP contribution in [0.1, 0.15) is 62.5 Å². The predicted molar refractivity (Wildman–Crippen MR) is 120 cm³/mol. The van der Waals surface area contributed by atoms with E-state index in [9.17, 15) is 9.59 Å². The molecule has 0 bridgehead atoms. The fourth-order valence-electron chi connectivity index (χ4n) is 3.61. The molecule has 1 aromatic carbocycles. The molecule has 2 amide bonds. The van der Waals surface area contributed by atoms with Crippen molar-refractivity contribution in [2.45, 2.75) is 64.3 Å². The molecule has 1 aliphatic carbocycles. The molecule has 1 saturated carbocycles. The Morgan fingerprint density at radius 3 is 2.64 bits per heavy atom. The van der Waals surface area contributed by atoms with Crippen molar-refractivity contribution in [1.82, 2.24) is 10.2 Å². The SMILES string of the molecule is Cc1ccc(C=C2SC(=S)N(CCCCCC(=O)NC3CCCC3)C2=O)cc1. The molecule has 0 spiro atoms. The summed E-state index contributed by atoms with van der Waals surface area (Å²) in [5.74, 6) is 0.160. The monoisotopic (exact) mass is 416 g/mol. The summed E-state index contributed by atoms with van der Waals surface area (Å²) in [4.78, 5) is 27.0. The minimum atomic E-state index is -0.00504. The van der Waals surface area contributed by atoms with Gasteiger partial charge in [0, 0.05) is 19.0 Å². The van der Waals surface area contributed by atoms with Crippen molar-refractivity contribution in [2.24, 2.45) is 0 Å². The summed E-state index contributed by atoms with van der Waals surface area (Å²) in [7, 11) is 0. The van der Waals surface area contributed by atoms with Crippen molar-refractivity contribution in [3.63, 3.8) is 0 Å². The summed E-state index contributed by atoms with van der Waals surface area (Å²) < 4.78 is 0.627. The number of hydrogen-bond acceptors (Lipinski definition) is 4. The van der Waals surface area contributed by atoms with Crippen LogP contribution in [0, 0.1) is 6.92 Å². The quantitative estimate of drug-likeness (QED) is 0.375. The molecule has 150 valence electrons. The minimum absolute atomic E-state index is 0.00504. The number of carbonyl (C=O) groups excluding carboxylic acids is 2. The summed E-state index contributed by atoms with van der Waals surface area (Å²) >= 11 is 6.77. The van der Waals surface area contributed by atoms with Crippen LogP contribution < -0.4 is 5.32 Å². The van der Waals surface area contributed by atoms with Crippen LogP contribution in [0.5, 0.6) is 0 Å². The Kier molecular flexibility index (Phi) is 7.68. The number of amides is 2. The van der Waals surface area contributed by atoms with E-state index in [1.54, 1.807) is 4.90 Å². The van der Waals surface area contributed by atoms with Gasteiger partial charge >= 0.3 is 0 Å². The summed E-state index contributed by atoms with van der Waals surface area (Å²) in [6.45, 7) is 2.67. The van der Waals surface area contributed by atoms with Gasteiger partial charge in [-0.05, 0) is 44.2 Å². The number of benzene rings is 1. The Labute approximate surface area is 177 Å². The average molecular weight is 417 g/mol. The summed E-state index contributed by atoms with van der Waals surface area (Å²) in [5, 5.41) is 3.12. The lowest BCUT2D eigenvalue weighted by molar-refractivity contribution is -0.123. The second-order valence-corrected chi connectivity index (χ2v) is 9.28. The standard InChI is InChI=1S/C22H28N2O2S2/c1-16-10-12-17(13-11-16)15-19-21(26)24(22(27)28-19)14-6-2-3-9-20(25)23-18-7-4-5-8-18/h10-13,15,18H,2-9,14H2,1H3,(H,23,25). The third-order valence-corrected chi connectivity index (χ3v) is 6.63. The van der Waals surface area contributed by atoms with Crippen LogP contribution >= 0.6 is 24.0 Å². The Hall–Kier alpha value is -1.66. The van der Waals surface area contributed by atoms with E-state index in [4.69, 9.17) is 12.2 Å². The van der Waals surface area contributed by atoms with Crippen LogP contribution in [0.2, 0.25) is 0 Å². The number of carbonyl (C=O) groups is 2. The van der Waals surface area contributed by atoms with Gasteiger partial charge in [-0.15, -0.1) is 0 Å². The normalized spacial score (nSPS) is 19.0. The van der Waals surface area contributed by atoms with Gasteiger partial charge in [0.25, 0.3) is 5.91 Å². The topological polar surface area (TPSA) is 49.4 Å². The first-order valence-electron chi connectivity index (χ1n) is 10.1. The van der Waals surface area contributed by atoms with E-state index in [0.29, 0.717) is 28.2 Å². The fraction of sp³-hybridized carbons (Fsp3) is 0.500. The Morgan fingerprint density at radius 2 is 1.93 bits per heavy atom. The van der Waals surface area contributed by atoms with E-state index in [2.05, 4.69) is 5.32 Å². The number of thiocarbonyl (C=S) groups is 1. The van der Waals surface area contributed by atoms with Crippen LogP contribution in [0.3, 0.4) is 0 Å². The molecule has 1 saturated heterocycles. The highest BCUT2D eigenvalue weighted by Crippen LogP contribution is 2.32. The molecule has 2 aliphatic rings. The van der Waals surface area contributed by atoms with Gasteiger partial charge in [-0.2, -0.15) is 0 Å². The minimum Gasteiger partial charge on any atom is -0.353 e. The molecule has 1 aromatic rings. The molecule has 0 atom stereocenters. The molecule has 1 aliphatic heterocycles. The van der Waals surface area contributed by atoms with Gasteiger partial charge in [-0.3, -0.25) is 14.5 Å². The Balaban J connectivity index is 1.39. The maximum absolute atomic E-state index is 12.6. The Morgan fingerprint density at radius 1 is 1.21 bits per heavy atom. The van der Waals surface area contributed by atoms with Gasteiger partial charge in [0.2, 0.25) is 5.91 Å². The van der Waals surface area contributed by atoms with Crippen LogP contribution in [0.15, 0.2) is 29.2 Å². The number of aryl methyl sites for hydroxylation is 1. The number of nitrogens with zero attached hydrogens (tertiary/aromatic N) is 1. The van der Waals surface area contributed by atoms with E-state index in [-0.39, 0.29) is 11.8 Å². The van der Waals surface area contributed by atoms with Crippen molar-refractivity contribution in [1.29, 1.82) is 0 Å². The lowest BCUT2D eigenvalue weighted by atomic mass is 10.1. The zero-order valence-electron chi connectivity index (χ0n) is 16.4. The van der Waals surface area contributed by atoms with Crippen molar-refractivity contribution in [2.75, 3.05) is 6.54 Å². The summed E-state index contributed by atoms with van der Waals surface area (Å²) in [6.07, 6.45) is 9.82. The van der Waals surface area contributed by atoms with Gasteiger partial charge in [0.1, 0.15) is 4.32 Å². The Bertz CT molecular complexity index is 752. The first-order chi connectivity index (χ1) is 13.5. The van der Waals surface area contributed by atoms with E-state index >= 15 is 0 Å². The van der Waals surface area contributed by atoms with Crippen LogP contribution in [0.4, 0.5) is 0 Å². The van der Waals surface area contributed by atoms with Crippen molar-refractivity contribution < 1.29 is 9.59 Å². The van der Waals surface area contributed by atoms with Crippen molar-refractivity contribution in [3.8, 4) is 0 Å². The van der Waals surface area contributed by atoms with Gasteiger partial charge in [-0.1, -0.05) is 73.1 Å². The third kappa shape index (κ3) is 5.92. The molecule has 28 heavy (non-hydrogen) atoms. The molecule has 3 rings (SSSR count). The molecule has 4 nitrogen and oxygen atoms in total. The first-order valence-corrected chi connectivity index (χ1v) is 11.4. The van der Waals surface area contributed by atoms with E-state index in [1.165, 1.54) is 30.2 Å². The second kappa shape index (κ2) is 10.2. The number of thioether (sulfide) groups is 1. The molecule has 6 heteroatoms. The number of unbranched alkanes of at least 4 members (excludes halogenated alkanes) is 2. The van der Waals surface area contributed by atoms with Gasteiger partial charge in [0.05, 0.1) is 4.91 Å². The maximum atomic E-state index is 12.6. The lowest BCUT2D eigenvalue weighted by Crippen LogP contribution is -2.32. The van der Waals surface area contributed by atoms with Gasteiger partial charge < -0.3 is 5.32 Å². The zero-order chi connectivity index (χ0) is 19.9. The fourth-order valence-corrected chi connectivity index (χ4v) is 4.92. The van der Waals surface area contributed by atoms with Crippen LogP contribution in [-0.2, 0) is 9.59 Å². The van der Waals surface area contributed by atoms with E-state index in [1.807, 2.05) is 37.3 Å². The number of hydrogen-bond donors (Lipinski definition) is 1. The van der Waals surface area contributed by atoms with Gasteiger partial charge in [0.15, 0.2) is 0 Å². The highest BCUT2D eigenvalue weighted by molar-refractivity contribution is 8.26. The molecule has 0 aromatic heterocycles. The molecule has 1 N–H and O–H groups in total.